The number of nitrogens with zero attached hydrogens (tertiary/aromatic N) is 1. The van der Waals surface area contributed by atoms with E-state index in [2.05, 4.69) is 5.32 Å². The zero-order valence-electron chi connectivity index (χ0n) is 16.6. The van der Waals surface area contributed by atoms with Crippen LogP contribution < -0.4 is 29.2 Å². The first-order chi connectivity index (χ1) is 13.4. The molecule has 8 nitrogen and oxygen atoms in total. The zero-order chi connectivity index (χ0) is 20.7. The van der Waals surface area contributed by atoms with E-state index < -0.39 is 0 Å². The van der Waals surface area contributed by atoms with Crippen molar-refractivity contribution in [1.82, 2.24) is 0 Å². The van der Waals surface area contributed by atoms with Gasteiger partial charge in [-0.2, -0.15) is 0 Å². The van der Waals surface area contributed by atoms with Crippen LogP contribution in [0.15, 0.2) is 36.4 Å². The quantitative estimate of drug-likeness (QED) is 0.748. The predicted molar refractivity (Wildman–Crippen MR) is 106 cm³/mol. The summed E-state index contributed by atoms with van der Waals surface area (Å²) in [5, 5.41) is 2.75. The van der Waals surface area contributed by atoms with E-state index in [-0.39, 0.29) is 18.4 Å². The molecule has 0 bridgehead atoms. The molecule has 0 aromatic heterocycles. The lowest BCUT2D eigenvalue weighted by Gasteiger charge is -2.23. The summed E-state index contributed by atoms with van der Waals surface area (Å²) in [6.45, 7) is 1.19. The van der Waals surface area contributed by atoms with Crippen LogP contribution in [0.25, 0.3) is 0 Å². The maximum Gasteiger partial charge on any atom is 0.244 e. The molecule has 0 aliphatic carbocycles. The zero-order valence-corrected chi connectivity index (χ0v) is 16.6. The summed E-state index contributed by atoms with van der Waals surface area (Å²) in [4.78, 5) is 26.0. The minimum Gasteiger partial charge on any atom is -0.497 e. The summed E-state index contributed by atoms with van der Waals surface area (Å²) in [5.41, 5.74) is 1.01. The minimum atomic E-state index is -0.364. The molecule has 0 saturated carbocycles. The third-order valence-electron chi connectivity index (χ3n) is 4.00. The van der Waals surface area contributed by atoms with Crippen molar-refractivity contribution in [2.45, 2.75) is 6.92 Å². The fourth-order valence-corrected chi connectivity index (χ4v) is 2.65. The largest absolute Gasteiger partial charge is 0.497 e. The molecule has 8 heteroatoms. The molecule has 2 aromatic carbocycles. The molecule has 1 N–H and O–H groups in total. The molecule has 150 valence electrons. The molecular formula is C20H24N2O6. The second-order valence-electron chi connectivity index (χ2n) is 5.77. The third-order valence-corrected chi connectivity index (χ3v) is 4.00. The number of benzene rings is 2. The van der Waals surface area contributed by atoms with Crippen molar-refractivity contribution in [2.24, 2.45) is 0 Å². The number of carbonyl (C=O) groups is 2. The Hall–Kier alpha value is -3.42. The number of rotatable bonds is 8. The van der Waals surface area contributed by atoms with Gasteiger partial charge >= 0.3 is 0 Å². The number of hydrogen-bond donors (Lipinski definition) is 1. The van der Waals surface area contributed by atoms with E-state index in [4.69, 9.17) is 18.9 Å². The summed E-state index contributed by atoms with van der Waals surface area (Å²) in [6.07, 6.45) is 0. The first kappa shape index (κ1) is 20.9. The number of anilines is 2. The van der Waals surface area contributed by atoms with Gasteiger partial charge < -0.3 is 29.2 Å². The molecule has 0 aliphatic rings. The highest BCUT2D eigenvalue weighted by Crippen LogP contribution is 2.41. The van der Waals surface area contributed by atoms with Gasteiger partial charge in [-0.15, -0.1) is 0 Å². The van der Waals surface area contributed by atoms with Crippen LogP contribution in [0.2, 0.25) is 0 Å². The van der Waals surface area contributed by atoms with E-state index in [9.17, 15) is 9.59 Å². The van der Waals surface area contributed by atoms with E-state index in [1.165, 1.54) is 33.2 Å². The van der Waals surface area contributed by atoms with Crippen LogP contribution in [-0.2, 0) is 9.59 Å². The molecule has 0 heterocycles. The van der Waals surface area contributed by atoms with Gasteiger partial charge in [-0.1, -0.05) is 6.07 Å². The van der Waals surface area contributed by atoms with E-state index in [0.717, 1.165) is 0 Å². The van der Waals surface area contributed by atoms with Crippen molar-refractivity contribution < 1.29 is 28.5 Å². The monoisotopic (exact) mass is 388 g/mol. The lowest BCUT2D eigenvalue weighted by atomic mass is 10.2. The van der Waals surface area contributed by atoms with Crippen LogP contribution in [0.4, 0.5) is 11.4 Å². The number of nitrogens with one attached hydrogen (secondary N) is 1. The third kappa shape index (κ3) is 4.85. The number of methoxy groups -OCH3 is 4. The fraction of sp³-hybridized carbons (Fsp3) is 0.300. The Bertz CT molecular complexity index is 827. The molecular weight excluding hydrogens is 364 g/mol. The van der Waals surface area contributed by atoms with E-state index in [1.54, 1.807) is 43.5 Å². The van der Waals surface area contributed by atoms with Gasteiger partial charge in [-0.25, -0.2) is 0 Å². The molecule has 0 unspecified atom stereocenters. The van der Waals surface area contributed by atoms with E-state index in [0.29, 0.717) is 34.4 Å². The topological polar surface area (TPSA) is 86.3 Å². The highest BCUT2D eigenvalue weighted by Gasteiger charge is 2.21. The average molecular weight is 388 g/mol. The maximum atomic E-state index is 12.5. The van der Waals surface area contributed by atoms with Crippen molar-refractivity contribution in [1.29, 1.82) is 0 Å². The van der Waals surface area contributed by atoms with Gasteiger partial charge in [0.1, 0.15) is 12.3 Å². The molecule has 0 saturated heterocycles. The van der Waals surface area contributed by atoms with Crippen molar-refractivity contribution in [3.05, 3.63) is 36.4 Å². The maximum absolute atomic E-state index is 12.5. The summed E-state index contributed by atoms with van der Waals surface area (Å²) >= 11 is 0. The highest BCUT2D eigenvalue weighted by atomic mass is 16.5. The van der Waals surface area contributed by atoms with Crippen LogP contribution >= 0.6 is 0 Å². The van der Waals surface area contributed by atoms with Gasteiger partial charge in [0.15, 0.2) is 11.5 Å². The summed E-state index contributed by atoms with van der Waals surface area (Å²) in [6, 6.07) is 10.2. The Balaban J connectivity index is 2.27. The normalized spacial score (nSPS) is 10.0. The first-order valence-corrected chi connectivity index (χ1v) is 8.45. The van der Waals surface area contributed by atoms with Crippen molar-refractivity contribution in [3.8, 4) is 23.0 Å². The van der Waals surface area contributed by atoms with Crippen LogP contribution in [0.5, 0.6) is 23.0 Å². The van der Waals surface area contributed by atoms with Gasteiger partial charge in [-0.05, 0) is 12.1 Å². The minimum absolute atomic E-state index is 0.189. The smallest absolute Gasteiger partial charge is 0.244 e. The predicted octanol–water partition coefficient (Wildman–Crippen LogP) is 2.71. The lowest BCUT2D eigenvalue weighted by Crippen LogP contribution is -2.36. The second kappa shape index (κ2) is 9.50. The van der Waals surface area contributed by atoms with E-state index >= 15 is 0 Å². The van der Waals surface area contributed by atoms with Crippen molar-refractivity contribution in [3.63, 3.8) is 0 Å². The Morgan fingerprint density at radius 3 is 2.07 bits per heavy atom. The molecule has 2 aromatic rings. The highest BCUT2D eigenvalue weighted by molar-refractivity contribution is 6.02. The van der Waals surface area contributed by atoms with Crippen molar-refractivity contribution in [2.75, 3.05) is 45.2 Å². The number of carbonyl (C=O) groups excluding carboxylic acids is 2. The molecule has 0 atom stereocenters. The summed E-state index contributed by atoms with van der Waals surface area (Å²) < 4.78 is 21.1. The lowest BCUT2D eigenvalue weighted by molar-refractivity contribution is -0.120. The van der Waals surface area contributed by atoms with Crippen LogP contribution in [0, 0.1) is 0 Å². The Morgan fingerprint density at radius 2 is 1.57 bits per heavy atom. The molecule has 28 heavy (non-hydrogen) atoms. The molecule has 2 rings (SSSR count). The summed E-state index contributed by atoms with van der Waals surface area (Å²) in [7, 11) is 6.00. The molecule has 0 aliphatic heterocycles. The molecule has 0 fully saturated rings. The number of amides is 2. The number of ether oxygens (including phenoxy) is 4. The van der Waals surface area contributed by atoms with Gasteiger partial charge in [0.05, 0.1) is 34.1 Å². The molecule has 0 radical (unpaired) electrons. The SMILES string of the molecule is COc1cccc(NC(=O)CN(C(C)=O)c2cc(OC)c(OC)c(OC)c2)c1. The van der Waals surface area contributed by atoms with Crippen LogP contribution in [0.1, 0.15) is 6.92 Å². The van der Waals surface area contributed by atoms with Crippen molar-refractivity contribution >= 4 is 23.2 Å². The van der Waals surface area contributed by atoms with Gasteiger partial charge in [0.2, 0.25) is 17.6 Å². The van der Waals surface area contributed by atoms with Gasteiger partial charge in [-0.3, -0.25) is 9.59 Å². The number of hydrogen-bond acceptors (Lipinski definition) is 6. The van der Waals surface area contributed by atoms with Gasteiger partial charge in [0, 0.05) is 30.8 Å². The Kier molecular flexibility index (Phi) is 7.08. The second-order valence-corrected chi connectivity index (χ2v) is 5.77. The van der Waals surface area contributed by atoms with Gasteiger partial charge in [0.25, 0.3) is 0 Å². The first-order valence-electron chi connectivity index (χ1n) is 8.45. The van der Waals surface area contributed by atoms with E-state index in [1.807, 2.05) is 0 Å². The fourth-order valence-electron chi connectivity index (χ4n) is 2.65. The standard InChI is InChI=1S/C20H24N2O6/c1-13(23)22(12-19(24)21-14-7-6-8-16(9-14)25-2)15-10-17(26-3)20(28-5)18(11-15)27-4/h6-11H,12H2,1-5H3,(H,21,24). The molecule has 2 amide bonds. The van der Waals surface area contributed by atoms with Crippen LogP contribution in [-0.4, -0.2) is 46.8 Å². The molecule has 0 spiro atoms. The summed E-state index contributed by atoms with van der Waals surface area (Å²) in [5.74, 6) is 1.11. The Labute approximate surface area is 163 Å². The average Bonchev–Trinajstić information content (AvgIpc) is 2.70. The Morgan fingerprint density at radius 1 is 0.929 bits per heavy atom. The van der Waals surface area contributed by atoms with Crippen LogP contribution in [0.3, 0.4) is 0 Å².